The molecular weight excluding hydrogens is 425 g/mol. The fourth-order valence-electron chi connectivity index (χ4n) is 3.45. The van der Waals surface area contributed by atoms with E-state index in [4.69, 9.17) is 4.74 Å². The third-order valence-electron chi connectivity index (χ3n) is 5.06. The van der Waals surface area contributed by atoms with E-state index in [0.717, 1.165) is 0 Å². The van der Waals surface area contributed by atoms with Gasteiger partial charge in [-0.05, 0) is 60.7 Å². The molecule has 9 heteroatoms. The second-order valence-corrected chi connectivity index (χ2v) is 7.41. The average Bonchev–Trinajstić information content (AvgIpc) is 3.25. The Balaban J connectivity index is 1.33. The number of hydrogen-bond donors (Lipinski definition) is 2. The minimum atomic E-state index is -0.879. The van der Waals surface area contributed by atoms with Gasteiger partial charge in [-0.15, -0.1) is 5.10 Å². The van der Waals surface area contributed by atoms with Crippen molar-refractivity contribution in [3.63, 3.8) is 0 Å². The highest BCUT2D eigenvalue weighted by molar-refractivity contribution is 6.00. The van der Waals surface area contributed by atoms with Crippen molar-refractivity contribution >= 4 is 23.5 Å². The van der Waals surface area contributed by atoms with E-state index in [-0.39, 0.29) is 29.9 Å². The number of aromatic nitrogens is 3. The molecule has 0 saturated carbocycles. The number of ether oxygens (including phenoxy) is 1. The Hall–Kier alpha value is -4.53. The minimum absolute atomic E-state index is 0.0831. The molecule has 0 radical (unpaired) electrons. The SMILES string of the molecule is O=C1CC(C(=O)Nc2ccc(Oc3ccccc3)cc2)n2nc(-c3ccc(F)cc3)nc2N1. The highest BCUT2D eigenvalue weighted by Crippen LogP contribution is 2.28. The lowest BCUT2D eigenvalue weighted by atomic mass is 10.1. The van der Waals surface area contributed by atoms with Crippen LogP contribution in [-0.4, -0.2) is 26.6 Å². The van der Waals surface area contributed by atoms with Crippen molar-refractivity contribution in [2.24, 2.45) is 0 Å². The van der Waals surface area contributed by atoms with Crippen LogP contribution in [-0.2, 0) is 9.59 Å². The van der Waals surface area contributed by atoms with Gasteiger partial charge < -0.3 is 10.1 Å². The Morgan fingerprint density at radius 2 is 1.70 bits per heavy atom. The number of nitrogens with zero attached hydrogens (tertiary/aromatic N) is 3. The first kappa shape index (κ1) is 20.4. The predicted molar refractivity (Wildman–Crippen MR) is 119 cm³/mol. The van der Waals surface area contributed by atoms with Gasteiger partial charge in [-0.25, -0.2) is 9.07 Å². The predicted octanol–water partition coefficient (Wildman–Crippen LogP) is 4.40. The van der Waals surface area contributed by atoms with Gasteiger partial charge in [0.2, 0.25) is 17.8 Å². The summed E-state index contributed by atoms with van der Waals surface area (Å²) in [6.45, 7) is 0. The monoisotopic (exact) mass is 443 g/mol. The van der Waals surface area contributed by atoms with E-state index in [9.17, 15) is 14.0 Å². The zero-order chi connectivity index (χ0) is 22.8. The molecule has 0 bridgehead atoms. The molecule has 0 aliphatic carbocycles. The standard InChI is InChI=1S/C24H18FN5O3/c25-16-8-6-15(7-9-16)22-28-24-27-21(31)14-20(30(24)29-22)23(32)26-17-10-12-19(13-11-17)33-18-4-2-1-3-5-18/h1-13,20H,14H2,(H,26,32)(H,27,28,29,31). The molecule has 0 fully saturated rings. The van der Waals surface area contributed by atoms with E-state index >= 15 is 0 Å². The third-order valence-corrected chi connectivity index (χ3v) is 5.06. The van der Waals surface area contributed by atoms with Crippen molar-refractivity contribution in [3.05, 3.63) is 84.7 Å². The summed E-state index contributed by atoms with van der Waals surface area (Å²) in [6, 6.07) is 21.0. The Bertz CT molecular complexity index is 1300. The zero-order valence-electron chi connectivity index (χ0n) is 17.2. The van der Waals surface area contributed by atoms with Gasteiger partial charge >= 0.3 is 0 Å². The van der Waals surface area contributed by atoms with Gasteiger partial charge in [-0.2, -0.15) is 4.98 Å². The van der Waals surface area contributed by atoms with Gasteiger partial charge in [0.15, 0.2) is 5.82 Å². The first-order chi connectivity index (χ1) is 16.0. The molecule has 164 valence electrons. The molecule has 2 N–H and O–H groups in total. The fourth-order valence-corrected chi connectivity index (χ4v) is 3.45. The van der Waals surface area contributed by atoms with Crippen molar-refractivity contribution in [2.75, 3.05) is 10.6 Å². The van der Waals surface area contributed by atoms with Crippen molar-refractivity contribution in [1.82, 2.24) is 14.8 Å². The second kappa shape index (κ2) is 8.54. The topological polar surface area (TPSA) is 98.1 Å². The fraction of sp³-hybridized carbons (Fsp3) is 0.0833. The number of benzene rings is 3. The summed E-state index contributed by atoms with van der Waals surface area (Å²) in [5.41, 5.74) is 1.12. The van der Waals surface area contributed by atoms with Crippen molar-refractivity contribution in [2.45, 2.75) is 12.5 Å². The lowest BCUT2D eigenvalue weighted by Crippen LogP contribution is -2.36. The maximum absolute atomic E-state index is 13.2. The number of carbonyl (C=O) groups is 2. The van der Waals surface area contributed by atoms with Crippen LogP contribution >= 0.6 is 0 Å². The third kappa shape index (κ3) is 4.42. The van der Waals surface area contributed by atoms with Gasteiger partial charge in [0.05, 0.1) is 6.42 Å². The zero-order valence-corrected chi connectivity index (χ0v) is 17.2. The first-order valence-electron chi connectivity index (χ1n) is 10.2. The van der Waals surface area contributed by atoms with Crippen LogP contribution in [0.5, 0.6) is 11.5 Å². The number of hydrogen-bond acceptors (Lipinski definition) is 5. The average molecular weight is 443 g/mol. The Labute approximate surface area is 188 Å². The quantitative estimate of drug-likeness (QED) is 0.477. The minimum Gasteiger partial charge on any atom is -0.457 e. The van der Waals surface area contributed by atoms with Crippen LogP contribution in [0.3, 0.4) is 0 Å². The van der Waals surface area contributed by atoms with E-state index in [2.05, 4.69) is 20.7 Å². The number of para-hydroxylation sites is 1. The molecule has 1 aliphatic rings. The van der Waals surface area contributed by atoms with Crippen LogP contribution in [0.2, 0.25) is 0 Å². The molecule has 0 saturated heterocycles. The number of nitrogens with one attached hydrogen (secondary N) is 2. The second-order valence-electron chi connectivity index (χ2n) is 7.41. The van der Waals surface area contributed by atoms with Crippen molar-refractivity contribution < 1.29 is 18.7 Å². The summed E-state index contributed by atoms with van der Waals surface area (Å²) in [5.74, 6) is 0.654. The van der Waals surface area contributed by atoms with E-state index in [1.807, 2.05) is 30.3 Å². The number of halogens is 1. The molecule has 1 aliphatic heterocycles. The van der Waals surface area contributed by atoms with E-state index in [1.54, 1.807) is 24.3 Å². The molecule has 4 aromatic rings. The molecule has 1 aromatic heterocycles. The van der Waals surface area contributed by atoms with Gasteiger partial charge in [-0.3, -0.25) is 14.9 Å². The maximum atomic E-state index is 13.2. The number of rotatable bonds is 5. The molecular formula is C24H18FN5O3. The number of carbonyl (C=O) groups excluding carboxylic acids is 2. The number of amides is 2. The molecule has 1 atom stereocenters. The largest absolute Gasteiger partial charge is 0.457 e. The van der Waals surface area contributed by atoms with Crippen LogP contribution in [0, 0.1) is 5.82 Å². The summed E-state index contributed by atoms with van der Waals surface area (Å²) < 4.78 is 20.4. The van der Waals surface area contributed by atoms with Crippen LogP contribution in [0.25, 0.3) is 11.4 Å². The Morgan fingerprint density at radius 1 is 1.00 bits per heavy atom. The molecule has 1 unspecified atom stereocenters. The smallest absolute Gasteiger partial charge is 0.249 e. The van der Waals surface area contributed by atoms with E-state index in [0.29, 0.717) is 22.7 Å². The number of fused-ring (bicyclic) bond motifs is 1. The molecule has 3 aromatic carbocycles. The molecule has 0 spiro atoms. The highest BCUT2D eigenvalue weighted by atomic mass is 19.1. The number of anilines is 2. The summed E-state index contributed by atoms with van der Waals surface area (Å²) in [6.07, 6.45) is -0.0831. The van der Waals surface area contributed by atoms with Crippen LogP contribution < -0.4 is 15.4 Å². The molecule has 33 heavy (non-hydrogen) atoms. The van der Waals surface area contributed by atoms with Gasteiger partial charge in [0.25, 0.3) is 0 Å². The first-order valence-corrected chi connectivity index (χ1v) is 10.2. The van der Waals surface area contributed by atoms with E-state index in [1.165, 1.54) is 28.9 Å². The summed E-state index contributed by atoms with van der Waals surface area (Å²) in [5, 5.41) is 9.81. The molecule has 2 amide bonds. The van der Waals surface area contributed by atoms with E-state index < -0.39 is 11.9 Å². The van der Waals surface area contributed by atoms with Crippen molar-refractivity contribution in [1.29, 1.82) is 0 Å². The summed E-state index contributed by atoms with van der Waals surface area (Å²) in [4.78, 5) is 29.4. The van der Waals surface area contributed by atoms with Gasteiger partial charge in [-0.1, -0.05) is 18.2 Å². The lowest BCUT2D eigenvalue weighted by molar-refractivity contribution is -0.125. The summed E-state index contributed by atoms with van der Waals surface area (Å²) in [7, 11) is 0. The Morgan fingerprint density at radius 3 is 2.42 bits per heavy atom. The highest BCUT2D eigenvalue weighted by Gasteiger charge is 2.33. The van der Waals surface area contributed by atoms with Crippen LogP contribution in [0.15, 0.2) is 78.9 Å². The molecule has 8 nitrogen and oxygen atoms in total. The van der Waals surface area contributed by atoms with Crippen LogP contribution in [0.1, 0.15) is 12.5 Å². The molecule has 2 heterocycles. The summed E-state index contributed by atoms with van der Waals surface area (Å²) >= 11 is 0. The van der Waals surface area contributed by atoms with Gasteiger partial charge in [0.1, 0.15) is 23.4 Å². The van der Waals surface area contributed by atoms with Crippen molar-refractivity contribution in [3.8, 4) is 22.9 Å². The lowest BCUT2D eigenvalue weighted by Gasteiger charge is -2.22. The maximum Gasteiger partial charge on any atom is 0.249 e. The molecule has 5 rings (SSSR count). The Kier molecular flexibility index (Phi) is 5.27. The van der Waals surface area contributed by atoms with Gasteiger partial charge in [0, 0.05) is 11.3 Å². The normalized spacial score (nSPS) is 14.8. The van der Waals surface area contributed by atoms with Crippen LogP contribution in [0.4, 0.5) is 16.0 Å².